The van der Waals surface area contributed by atoms with E-state index in [1.165, 1.54) is 32.1 Å². The van der Waals surface area contributed by atoms with Crippen molar-refractivity contribution in [2.75, 3.05) is 13.2 Å². The fourth-order valence-electron chi connectivity index (χ4n) is 2.42. The van der Waals surface area contributed by atoms with Crippen molar-refractivity contribution in [3.8, 4) is 0 Å². The van der Waals surface area contributed by atoms with E-state index < -0.39 is 0 Å². The summed E-state index contributed by atoms with van der Waals surface area (Å²) in [4.78, 5) is 23.3. The van der Waals surface area contributed by atoms with Crippen LogP contribution in [0.4, 0.5) is 0 Å². The molecular weight excluding hydrogens is 593 g/mol. The summed E-state index contributed by atoms with van der Waals surface area (Å²) in [5.41, 5.74) is 0. The number of pyridine rings is 1. The summed E-state index contributed by atoms with van der Waals surface area (Å²) < 4.78 is 6.92. The van der Waals surface area contributed by atoms with Crippen LogP contribution >= 0.6 is 37.2 Å². The van der Waals surface area contributed by atoms with Crippen LogP contribution in [0.3, 0.4) is 0 Å². The quantitative estimate of drug-likeness (QED) is 0.157. The molecule has 1 aromatic heterocycles. The smallest absolute Gasteiger partial charge is 0.305 e. The van der Waals surface area contributed by atoms with Gasteiger partial charge in [-0.2, -0.15) is 4.57 Å². The summed E-state index contributed by atoms with van der Waals surface area (Å²) in [5.74, 6) is -0.260. The van der Waals surface area contributed by atoms with Crippen molar-refractivity contribution in [1.29, 1.82) is 0 Å². The third-order valence-corrected chi connectivity index (χ3v) is 3.78. The highest BCUT2D eigenvalue weighted by atomic mass is 128. The molecule has 0 aromatic carbocycles. The first-order valence-electron chi connectivity index (χ1n) is 9.23. The molecule has 0 bridgehead atoms. The first-order valence-corrected chi connectivity index (χ1v) is 15.5. The van der Waals surface area contributed by atoms with E-state index in [0.717, 1.165) is 12.8 Å². The van der Waals surface area contributed by atoms with Gasteiger partial charge in [0.15, 0.2) is 12.4 Å². The van der Waals surface area contributed by atoms with Gasteiger partial charge >= 0.3 is 5.97 Å². The van der Waals surface area contributed by atoms with E-state index in [2.05, 4.69) is 49.5 Å². The van der Waals surface area contributed by atoms with E-state index in [9.17, 15) is 9.59 Å². The summed E-state index contributed by atoms with van der Waals surface area (Å²) in [6, 6.07) is 5.65. The van der Waals surface area contributed by atoms with Gasteiger partial charge in [-0.3, -0.25) is 9.59 Å². The van der Waals surface area contributed by atoms with Crippen LogP contribution in [0, 0.1) is 0 Å². The molecule has 0 radical (unpaired) electrons. The maximum atomic E-state index is 11.7. The van der Waals surface area contributed by atoms with Gasteiger partial charge in [-0.25, -0.2) is 0 Å². The zero-order valence-corrected chi connectivity index (χ0v) is 21.0. The molecule has 1 amide bonds. The Morgan fingerprint density at radius 2 is 1.56 bits per heavy atom. The minimum Gasteiger partial charge on any atom is -1.00 e. The Kier molecular flexibility index (Phi) is 23.8. The van der Waals surface area contributed by atoms with E-state index in [1.54, 1.807) is 4.57 Å². The molecule has 156 valence electrons. The maximum absolute atomic E-state index is 11.7. The number of esters is 1. The summed E-state index contributed by atoms with van der Waals surface area (Å²) in [6.45, 7) is 3.07. The number of nitrogens with zero attached hydrogens (tertiary/aromatic N) is 1. The molecule has 0 aliphatic rings. The normalized spacial score (nSPS) is 9.44. The molecule has 8 heteroatoms. The maximum Gasteiger partial charge on any atom is 0.305 e. The summed E-state index contributed by atoms with van der Waals surface area (Å²) in [5, 5.41) is 2.75. The van der Waals surface area contributed by atoms with Gasteiger partial charge in [-0.05, 0) is 6.42 Å². The Morgan fingerprint density at radius 3 is 2.19 bits per heavy atom. The monoisotopic (exact) mass is 624 g/mol. The van der Waals surface area contributed by atoms with Crippen LogP contribution in [0.25, 0.3) is 0 Å². The standard InChI is InChI=1S/C19H30N2O3.ClH.I2/c1-2-3-4-5-6-7-9-12-19(23)24-16-13-20-18(22)17-21-14-10-8-11-15-21;;1-2/h8,10-11,14-15H,2-7,9,12-13,16-17H2,1H3;1H;. The van der Waals surface area contributed by atoms with E-state index in [0.29, 0.717) is 13.0 Å². The number of unbranched alkanes of at least 4 members (excludes halogenated alkanes) is 6. The third-order valence-electron chi connectivity index (χ3n) is 3.78. The fourth-order valence-corrected chi connectivity index (χ4v) is 2.42. The molecule has 0 fully saturated rings. The minimum absolute atomic E-state index is 0. The largest absolute Gasteiger partial charge is 1.00 e. The molecule has 1 aromatic rings. The minimum atomic E-state index is -0.171. The Labute approximate surface area is 193 Å². The highest BCUT2D eigenvalue weighted by molar-refractivity contribution is 15.0. The Bertz CT molecular complexity index is 479. The van der Waals surface area contributed by atoms with E-state index >= 15 is 0 Å². The number of ether oxygens (including phenoxy) is 1. The number of amides is 1. The topological polar surface area (TPSA) is 59.3 Å². The lowest BCUT2D eigenvalue weighted by Crippen LogP contribution is -3.00. The predicted octanol–water partition coefficient (Wildman–Crippen LogP) is 1.55. The zero-order chi connectivity index (χ0) is 19.5. The molecule has 0 saturated heterocycles. The number of aromatic nitrogens is 1. The van der Waals surface area contributed by atoms with Crippen LogP contribution in [-0.4, -0.2) is 25.0 Å². The Morgan fingerprint density at radius 1 is 0.963 bits per heavy atom. The number of hydrogen-bond acceptors (Lipinski definition) is 3. The average Bonchev–Trinajstić information content (AvgIpc) is 2.67. The molecule has 0 atom stereocenters. The van der Waals surface area contributed by atoms with Gasteiger partial charge in [0.05, 0.1) is 6.54 Å². The SMILES string of the molecule is CCCCCCCCCC(=O)OCCNC(=O)C[n+]1ccccc1.II.[Cl-]. The van der Waals surface area contributed by atoms with Gasteiger partial charge in [0.2, 0.25) is 6.54 Å². The number of carbonyl (C=O) groups excluding carboxylic acids is 2. The Hall–Kier alpha value is -0.160. The zero-order valence-electron chi connectivity index (χ0n) is 16.0. The number of nitrogens with one attached hydrogen (secondary N) is 1. The second-order valence-corrected chi connectivity index (χ2v) is 5.99. The number of carbonyl (C=O) groups is 2. The van der Waals surface area contributed by atoms with Gasteiger partial charge in [0, 0.05) is 55.8 Å². The number of hydrogen-bond donors (Lipinski definition) is 1. The highest BCUT2D eigenvalue weighted by Gasteiger charge is 2.08. The third kappa shape index (κ3) is 18.9. The summed E-state index contributed by atoms with van der Waals surface area (Å²) in [6.07, 6.45) is 12.4. The molecule has 0 saturated carbocycles. The van der Waals surface area contributed by atoms with Gasteiger partial charge in [-0.1, -0.05) is 51.5 Å². The van der Waals surface area contributed by atoms with Gasteiger partial charge in [0.25, 0.3) is 5.91 Å². The lowest BCUT2D eigenvalue weighted by Gasteiger charge is -2.06. The van der Waals surface area contributed by atoms with Crippen LogP contribution in [0.5, 0.6) is 0 Å². The van der Waals surface area contributed by atoms with E-state index in [1.807, 2.05) is 30.6 Å². The van der Waals surface area contributed by atoms with Crippen molar-refractivity contribution in [2.24, 2.45) is 0 Å². The second kappa shape index (κ2) is 22.1. The molecular formula is C19H31ClI2N2O3. The van der Waals surface area contributed by atoms with Crippen molar-refractivity contribution in [2.45, 2.75) is 64.8 Å². The van der Waals surface area contributed by atoms with Crippen molar-refractivity contribution < 1.29 is 31.3 Å². The van der Waals surface area contributed by atoms with Gasteiger partial charge in [0.1, 0.15) is 6.61 Å². The van der Waals surface area contributed by atoms with Crippen molar-refractivity contribution in [3.63, 3.8) is 0 Å². The molecule has 27 heavy (non-hydrogen) atoms. The molecule has 0 aliphatic carbocycles. The van der Waals surface area contributed by atoms with Crippen molar-refractivity contribution in [1.82, 2.24) is 5.32 Å². The van der Waals surface area contributed by atoms with E-state index in [-0.39, 0.29) is 37.4 Å². The van der Waals surface area contributed by atoms with Crippen molar-refractivity contribution >= 4 is 49.1 Å². The summed E-state index contributed by atoms with van der Waals surface area (Å²) >= 11 is 4.24. The molecule has 0 spiro atoms. The van der Waals surface area contributed by atoms with Crippen LogP contribution in [0.1, 0.15) is 58.3 Å². The molecule has 5 nitrogen and oxygen atoms in total. The second-order valence-electron chi connectivity index (χ2n) is 5.99. The number of halogens is 3. The molecule has 0 aliphatic heterocycles. The Balaban J connectivity index is 0. The summed E-state index contributed by atoms with van der Waals surface area (Å²) in [7, 11) is 0. The van der Waals surface area contributed by atoms with Crippen LogP contribution in [0.2, 0.25) is 0 Å². The molecule has 1 N–H and O–H groups in total. The lowest BCUT2D eigenvalue weighted by molar-refractivity contribution is -0.684. The highest BCUT2D eigenvalue weighted by Crippen LogP contribution is 2.08. The van der Waals surface area contributed by atoms with Crippen LogP contribution < -0.4 is 22.3 Å². The van der Waals surface area contributed by atoms with Crippen LogP contribution in [-0.2, 0) is 20.9 Å². The fraction of sp³-hybridized carbons (Fsp3) is 0.632. The molecule has 1 rings (SSSR count). The van der Waals surface area contributed by atoms with Gasteiger partial charge in [-0.15, -0.1) is 0 Å². The molecule has 0 unspecified atom stereocenters. The first-order chi connectivity index (χ1) is 12.7. The van der Waals surface area contributed by atoms with Crippen LogP contribution in [0.15, 0.2) is 30.6 Å². The lowest BCUT2D eigenvalue weighted by atomic mass is 10.1. The van der Waals surface area contributed by atoms with E-state index in [4.69, 9.17) is 4.74 Å². The number of rotatable bonds is 13. The molecule has 1 heterocycles. The van der Waals surface area contributed by atoms with Crippen molar-refractivity contribution in [3.05, 3.63) is 30.6 Å². The predicted molar refractivity (Wildman–Crippen MR) is 121 cm³/mol. The first kappa shape index (κ1) is 29.0. The van der Waals surface area contributed by atoms with Gasteiger partial charge < -0.3 is 22.5 Å². The average molecular weight is 625 g/mol.